The van der Waals surface area contributed by atoms with Gasteiger partial charge in [-0.3, -0.25) is 4.79 Å². The van der Waals surface area contributed by atoms with Crippen molar-refractivity contribution in [3.05, 3.63) is 58.4 Å². The molecule has 1 aromatic heterocycles. The average molecular weight is 327 g/mol. The fraction of sp³-hybridized carbons (Fsp3) is 0.125. The molecule has 0 saturated heterocycles. The first-order chi connectivity index (χ1) is 11.2. The Labute approximate surface area is 135 Å². The van der Waals surface area contributed by atoms with Crippen molar-refractivity contribution in [1.82, 2.24) is 9.66 Å². The topological polar surface area (TPSA) is 79.4 Å². The molecule has 0 bridgehead atoms. The molecule has 0 unspecified atom stereocenters. The second kappa shape index (κ2) is 5.51. The Balaban J connectivity index is 1.63. The highest BCUT2D eigenvalue weighted by molar-refractivity contribution is 7.98. The van der Waals surface area contributed by atoms with E-state index in [1.165, 1.54) is 11.8 Å². The normalized spacial score (nSPS) is 12.7. The molecule has 0 saturated carbocycles. The van der Waals surface area contributed by atoms with Crippen LogP contribution in [0, 0.1) is 0 Å². The molecule has 0 amide bonds. The Morgan fingerprint density at radius 1 is 1.17 bits per heavy atom. The van der Waals surface area contributed by atoms with E-state index in [4.69, 9.17) is 15.3 Å². The summed E-state index contributed by atoms with van der Waals surface area (Å²) in [5.74, 6) is 7.99. The van der Waals surface area contributed by atoms with Crippen molar-refractivity contribution in [2.45, 2.75) is 10.9 Å². The summed E-state index contributed by atoms with van der Waals surface area (Å²) in [6.45, 7) is 0.250. The minimum absolute atomic E-state index is 0.246. The quantitative estimate of drug-likeness (QED) is 0.451. The molecular weight excluding hydrogens is 314 g/mol. The average Bonchev–Trinajstić information content (AvgIpc) is 3.04. The van der Waals surface area contributed by atoms with Crippen molar-refractivity contribution in [3.8, 4) is 11.5 Å². The summed E-state index contributed by atoms with van der Waals surface area (Å²) in [6, 6.07) is 12.9. The van der Waals surface area contributed by atoms with Crippen LogP contribution in [0.25, 0.3) is 10.9 Å². The Bertz CT molecular complexity index is 955. The highest BCUT2D eigenvalue weighted by Crippen LogP contribution is 2.34. The van der Waals surface area contributed by atoms with E-state index in [0.717, 1.165) is 21.7 Å². The van der Waals surface area contributed by atoms with Gasteiger partial charge in [0.1, 0.15) is 0 Å². The van der Waals surface area contributed by atoms with E-state index >= 15 is 0 Å². The molecule has 1 aliphatic heterocycles. The number of hydrogen-bond donors (Lipinski definition) is 1. The van der Waals surface area contributed by atoms with Crippen LogP contribution < -0.4 is 20.9 Å². The second-order valence-electron chi connectivity index (χ2n) is 5.06. The Kier molecular flexibility index (Phi) is 3.34. The Morgan fingerprint density at radius 2 is 2.00 bits per heavy atom. The monoisotopic (exact) mass is 327 g/mol. The number of fused-ring (bicyclic) bond motifs is 2. The van der Waals surface area contributed by atoms with Crippen molar-refractivity contribution >= 4 is 22.7 Å². The van der Waals surface area contributed by atoms with Gasteiger partial charge in [0, 0.05) is 5.75 Å². The van der Waals surface area contributed by atoms with Crippen molar-refractivity contribution in [1.29, 1.82) is 0 Å². The maximum absolute atomic E-state index is 12.3. The van der Waals surface area contributed by atoms with Gasteiger partial charge in [0.15, 0.2) is 16.7 Å². The van der Waals surface area contributed by atoms with Crippen molar-refractivity contribution < 1.29 is 9.47 Å². The zero-order chi connectivity index (χ0) is 15.8. The summed E-state index contributed by atoms with van der Waals surface area (Å²) >= 11 is 1.41. The molecule has 4 rings (SSSR count). The van der Waals surface area contributed by atoms with Gasteiger partial charge in [0.2, 0.25) is 6.79 Å². The molecule has 2 heterocycles. The van der Waals surface area contributed by atoms with Crippen LogP contribution in [0.5, 0.6) is 11.5 Å². The van der Waals surface area contributed by atoms with Gasteiger partial charge in [-0.25, -0.2) is 9.66 Å². The third-order valence-corrected chi connectivity index (χ3v) is 4.60. The minimum atomic E-state index is -0.246. The van der Waals surface area contributed by atoms with Gasteiger partial charge in [0.05, 0.1) is 10.9 Å². The lowest BCUT2D eigenvalue weighted by atomic mass is 10.2. The standard InChI is InChI=1S/C16H13N3O3S/c17-19-15(20)11-3-1-2-4-12(11)18-16(19)23-8-10-5-6-13-14(7-10)22-9-21-13/h1-7H,8-9,17H2. The molecule has 0 fully saturated rings. The second-order valence-corrected chi connectivity index (χ2v) is 6.01. The molecule has 23 heavy (non-hydrogen) atoms. The smallest absolute Gasteiger partial charge is 0.280 e. The van der Waals surface area contributed by atoms with Crippen LogP contribution in [0.4, 0.5) is 0 Å². The third kappa shape index (κ3) is 2.49. The fourth-order valence-corrected chi connectivity index (χ4v) is 3.27. The molecule has 116 valence electrons. The first-order valence-electron chi connectivity index (χ1n) is 7.00. The van der Waals surface area contributed by atoms with Gasteiger partial charge >= 0.3 is 0 Å². The lowest BCUT2D eigenvalue weighted by Gasteiger charge is -2.08. The molecule has 0 aliphatic carbocycles. The number of benzene rings is 2. The van der Waals surface area contributed by atoms with Gasteiger partial charge in [-0.05, 0) is 29.8 Å². The molecule has 0 radical (unpaired) electrons. The van der Waals surface area contributed by atoms with Crippen LogP contribution in [0.3, 0.4) is 0 Å². The van der Waals surface area contributed by atoms with Gasteiger partial charge < -0.3 is 15.3 Å². The lowest BCUT2D eigenvalue weighted by molar-refractivity contribution is 0.174. The lowest BCUT2D eigenvalue weighted by Crippen LogP contribution is -2.29. The van der Waals surface area contributed by atoms with E-state index in [2.05, 4.69) is 4.98 Å². The number of thioether (sulfide) groups is 1. The van der Waals surface area contributed by atoms with Crippen LogP contribution in [0.2, 0.25) is 0 Å². The van der Waals surface area contributed by atoms with Crippen molar-refractivity contribution in [2.75, 3.05) is 12.6 Å². The fourth-order valence-electron chi connectivity index (χ4n) is 2.41. The summed E-state index contributed by atoms with van der Waals surface area (Å²) in [5.41, 5.74) is 1.44. The SMILES string of the molecule is Nn1c(SCc2ccc3c(c2)OCO3)nc2ccccc2c1=O. The summed E-state index contributed by atoms with van der Waals surface area (Å²) in [7, 11) is 0. The van der Waals surface area contributed by atoms with Crippen LogP contribution in [-0.4, -0.2) is 16.5 Å². The van der Waals surface area contributed by atoms with Crippen molar-refractivity contribution in [3.63, 3.8) is 0 Å². The molecule has 3 aromatic rings. The van der Waals surface area contributed by atoms with Gasteiger partial charge in [0.25, 0.3) is 5.56 Å². The number of aromatic nitrogens is 2. The largest absolute Gasteiger partial charge is 0.454 e. The van der Waals surface area contributed by atoms with E-state index in [0.29, 0.717) is 21.8 Å². The number of nitrogen functional groups attached to an aromatic ring is 1. The first kappa shape index (κ1) is 14.0. The van der Waals surface area contributed by atoms with Crippen LogP contribution >= 0.6 is 11.8 Å². The van der Waals surface area contributed by atoms with Crippen LogP contribution in [-0.2, 0) is 5.75 Å². The summed E-state index contributed by atoms with van der Waals surface area (Å²) < 4.78 is 11.8. The highest BCUT2D eigenvalue weighted by atomic mass is 32.2. The summed E-state index contributed by atoms with van der Waals surface area (Å²) in [4.78, 5) is 16.7. The number of ether oxygens (including phenoxy) is 2. The molecule has 0 atom stereocenters. The van der Waals surface area contributed by atoms with Crippen LogP contribution in [0.15, 0.2) is 52.4 Å². The molecule has 2 N–H and O–H groups in total. The molecule has 0 spiro atoms. The van der Waals surface area contributed by atoms with E-state index in [-0.39, 0.29) is 12.4 Å². The number of hydrogen-bond acceptors (Lipinski definition) is 6. The number of nitrogens with two attached hydrogens (primary N) is 1. The third-order valence-electron chi connectivity index (χ3n) is 3.58. The summed E-state index contributed by atoms with van der Waals surface area (Å²) in [6.07, 6.45) is 0. The van der Waals surface area contributed by atoms with Crippen LogP contribution in [0.1, 0.15) is 5.56 Å². The molecule has 1 aliphatic rings. The predicted molar refractivity (Wildman–Crippen MR) is 88.3 cm³/mol. The number of para-hydroxylation sites is 1. The number of nitrogens with zero attached hydrogens (tertiary/aromatic N) is 2. The maximum Gasteiger partial charge on any atom is 0.280 e. The van der Waals surface area contributed by atoms with E-state index < -0.39 is 0 Å². The van der Waals surface area contributed by atoms with E-state index in [1.54, 1.807) is 18.2 Å². The zero-order valence-corrected chi connectivity index (χ0v) is 12.9. The first-order valence-corrected chi connectivity index (χ1v) is 7.99. The highest BCUT2D eigenvalue weighted by Gasteiger charge is 2.14. The van der Waals surface area contributed by atoms with Gasteiger partial charge in [-0.2, -0.15) is 0 Å². The van der Waals surface area contributed by atoms with E-state index in [1.807, 2.05) is 24.3 Å². The summed E-state index contributed by atoms with van der Waals surface area (Å²) in [5, 5.41) is 0.994. The predicted octanol–water partition coefficient (Wildman–Crippen LogP) is 2.13. The van der Waals surface area contributed by atoms with E-state index in [9.17, 15) is 4.79 Å². The van der Waals surface area contributed by atoms with Gasteiger partial charge in [-0.15, -0.1) is 0 Å². The van der Waals surface area contributed by atoms with Crippen molar-refractivity contribution in [2.24, 2.45) is 0 Å². The zero-order valence-electron chi connectivity index (χ0n) is 12.1. The minimum Gasteiger partial charge on any atom is -0.454 e. The maximum atomic E-state index is 12.3. The molecule has 7 heteroatoms. The Morgan fingerprint density at radius 3 is 2.91 bits per heavy atom. The molecular formula is C16H13N3O3S. The number of rotatable bonds is 3. The molecule has 6 nitrogen and oxygen atoms in total. The Hall–Kier alpha value is -2.67. The van der Waals surface area contributed by atoms with Gasteiger partial charge in [-0.1, -0.05) is 30.0 Å². The molecule has 2 aromatic carbocycles.